The van der Waals surface area contributed by atoms with Crippen LogP contribution in [-0.2, 0) is 12.4 Å². The van der Waals surface area contributed by atoms with E-state index in [9.17, 15) is 46.0 Å². The Morgan fingerprint density at radius 2 is 1.34 bits per heavy atom. The maximum absolute atomic E-state index is 13.2. The molecule has 2 fully saturated rings. The Labute approximate surface area is 231 Å². The molecule has 0 unspecified atom stereocenters. The number of urea groups is 1. The average Bonchev–Trinajstić information content (AvgIpc) is 2.92. The van der Waals surface area contributed by atoms with Gasteiger partial charge in [-0.3, -0.25) is 14.9 Å². The highest BCUT2D eigenvalue weighted by Gasteiger charge is 2.39. The van der Waals surface area contributed by atoms with E-state index in [1.165, 1.54) is 17.0 Å². The normalized spacial score (nSPS) is 17.4. The number of hydrogen-bond acceptors (Lipinski definition) is 4. The Morgan fingerprint density at radius 3 is 1.80 bits per heavy atom. The average molecular weight is 587 g/mol. The summed E-state index contributed by atoms with van der Waals surface area (Å²) in [6.07, 6.45) is -7.62. The third-order valence-corrected chi connectivity index (χ3v) is 7.90. The molecule has 41 heavy (non-hydrogen) atoms. The maximum atomic E-state index is 13.2. The molecule has 0 bridgehead atoms. The largest absolute Gasteiger partial charge is 0.416 e. The predicted molar refractivity (Wildman–Crippen MR) is 136 cm³/mol. The molecule has 2 saturated heterocycles. The first-order valence-electron chi connectivity index (χ1n) is 13.0. The molecule has 2 aliphatic heterocycles. The Bertz CT molecular complexity index is 1280. The number of hydrogen-bond donors (Lipinski definition) is 1. The van der Waals surface area contributed by atoms with Gasteiger partial charge in [0.25, 0.3) is 11.6 Å². The first kappa shape index (κ1) is 30.1. The van der Waals surface area contributed by atoms with Crippen LogP contribution in [0.25, 0.3) is 0 Å². The third kappa shape index (κ3) is 6.91. The first-order chi connectivity index (χ1) is 19.1. The lowest BCUT2D eigenvalue weighted by Crippen LogP contribution is -2.45. The lowest BCUT2D eigenvalue weighted by Gasteiger charge is -2.40. The molecule has 222 valence electrons. The Hall–Kier alpha value is -3.84. The summed E-state index contributed by atoms with van der Waals surface area (Å²) in [5.41, 5.74) is -3.10. The van der Waals surface area contributed by atoms with Crippen molar-refractivity contribution in [2.75, 3.05) is 31.5 Å². The van der Waals surface area contributed by atoms with Crippen molar-refractivity contribution < 1.29 is 40.9 Å². The lowest BCUT2D eigenvalue weighted by molar-refractivity contribution is -0.385. The number of piperidine rings is 2. The van der Waals surface area contributed by atoms with Crippen LogP contribution in [0.2, 0.25) is 0 Å². The number of likely N-dealkylation sites (tertiary alicyclic amines) is 2. The van der Waals surface area contributed by atoms with Crippen LogP contribution in [0.15, 0.2) is 36.4 Å². The fourth-order valence-corrected chi connectivity index (χ4v) is 5.56. The molecule has 0 atom stereocenters. The minimum atomic E-state index is -5.03. The summed E-state index contributed by atoms with van der Waals surface area (Å²) in [5, 5.41) is 13.9. The highest BCUT2D eigenvalue weighted by molar-refractivity contribution is 5.95. The number of amides is 3. The van der Waals surface area contributed by atoms with Gasteiger partial charge in [-0.2, -0.15) is 26.3 Å². The third-order valence-electron chi connectivity index (χ3n) is 7.90. The molecule has 1 N–H and O–H groups in total. The standard InChI is InChI=1S/C27H28F6N4O4/c1-16-22(3-2-4-23(16)37(40)41)34-25(39)36-11-7-18(8-12-36)17-5-9-35(10-6-17)24(38)19-13-20(26(28,29)30)15-21(14-19)27(31,32)33/h2-4,13-15,17-18H,5-12H2,1H3,(H,34,39). The van der Waals surface area contributed by atoms with Crippen molar-refractivity contribution in [3.8, 4) is 0 Å². The Kier molecular flexibility index (Phi) is 8.50. The van der Waals surface area contributed by atoms with Gasteiger partial charge in [0.2, 0.25) is 0 Å². The number of nitrogens with zero attached hydrogens (tertiary/aromatic N) is 3. The summed E-state index contributed by atoms with van der Waals surface area (Å²) in [4.78, 5) is 39.2. The minimum Gasteiger partial charge on any atom is -0.339 e. The number of rotatable bonds is 4. The highest BCUT2D eigenvalue weighted by Crippen LogP contribution is 2.38. The van der Waals surface area contributed by atoms with Crippen LogP contribution < -0.4 is 5.32 Å². The van der Waals surface area contributed by atoms with Crippen LogP contribution in [0.4, 0.5) is 42.5 Å². The van der Waals surface area contributed by atoms with E-state index in [1.807, 2.05) is 0 Å². The molecule has 2 aromatic rings. The summed E-state index contributed by atoms with van der Waals surface area (Å²) >= 11 is 0. The fourth-order valence-electron chi connectivity index (χ4n) is 5.56. The second kappa shape index (κ2) is 11.6. The monoisotopic (exact) mass is 586 g/mol. The molecule has 2 aromatic carbocycles. The number of anilines is 1. The van der Waals surface area contributed by atoms with Crippen molar-refractivity contribution >= 4 is 23.3 Å². The van der Waals surface area contributed by atoms with Crippen molar-refractivity contribution in [2.45, 2.75) is 45.0 Å². The summed E-state index contributed by atoms with van der Waals surface area (Å²) in [6, 6.07) is 4.98. The molecule has 4 rings (SSSR count). The van der Waals surface area contributed by atoms with Crippen LogP contribution in [0.3, 0.4) is 0 Å². The van der Waals surface area contributed by atoms with Crippen LogP contribution in [-0.4, -0.2) is 52.8 Å². The molecule has 2 aliphatic rings. The molecule has 8 nitrogen and oxygen atoms in total. The van der Waals surface area contributed by atoms with Gasteiger partial charge in [0, 0.05) is 37.8 Å². The molecule has 2 heterocycles. The minimum absolute atomic E-state index is 0.000491. The summed E-state index contributed by atoms with van der Waals surface area (Å²) < 4.78 is 79.2. The van der Waals surface area contributed by atoms with Crippen molar-refractivity contribution in [1.29, 1.82) is 0 Å². The van der Waals surface area contributed by atoms with Crippen LogP contribution in [0.5, 0.6) is 0 Å². The Morgan fingerprint density at radius 1 is 0.854 bits per heavy atom. The second-order valence-electron chi connectivity index (χ2n) is 10.4. The molecule has 0 aromatic heterocycles. The molecular weight excluding hydrogens is 558 g/mol. The van der Waals surface area contributed by atoms with Crippen molar-refractivity contribution in [3.63, 3.8) is 0 Å². The molecule has 0 aliphatic carbocycles. The number of halogens is 6. The highest BCUT2D eigenvalue weighted by atomic mass is 19.4. The van der Waals surface area contributed by atoms with Gasteiger partial charge >= 0.3 is 18.4 Å². The van der Waals surface area contributed by atoms with E-state index in [2.05, 4.69) is 5.32 Å². The van der Waals surface area contributed by atoms with Crippen LogP contribution >= 0.6 is 0 Å². The van der Waals surface area contributed by atoms with E-state index < -0.39 is 39.9 Å². The van der Waals surface area contributed by atoms with E-state index in [-0.39, 0.29) is 42.7 Å². The number of alkyl halides is 6. The zero-order chi connectivity index (χ0) is 30.1. The van der Waals surface area contributed by atoms with E-state index in [0.717, 1.165) is 0 Å². The second-order valence-corrected chi connectivity index (χ2v) is 10.4. The number of carbonyl (C=O) groups is 2. The van der Waals surface area contributed by atoms with Gasteiger partial charge in [0.1, 0.15) is 0 Å². The van der Waals surface area contributed by atoms with E-state index >= 15 is 0 Å². The Balaban J connectivity index is 1.32. The molecule has 0 spiro atoms. The van der Waals surface area contributed by atoms with Gasteiger partial charge in [-0.05, 0) is 68.7 Å². The molecule has 0 radical (unpaired) electrons. The first-order valence-corrected chi connectivity index (χ1v) is 13.0. The fraction of sp³-hybridized carbons (Fsp3) is 0.481. The molecule has 0 saturated carbocycles. The van der Waals surface area contributed by atoms with Crippen molar-refractivity contribution in [3.05, 3.63) is 68.8 Å². The van der Waals surface area contributed by atoms with Gasteiger partial charge in [-0.15, -0.1) is 0 Å². The van der Waals surface area contributed by atoms with Gasteiger partial charge in [0.15, 0.2) is 0 Å². The van der Waals surface area contributed by atoms with Crippen LogP contribution in [0.1, 0.15) is 52.7 Å². The molecule has 14 heteroatoms. The van der Waals surface area contributed by atoms with E-state index in [1.54, 1.807) is 17.9 Å². The zero-order valence-corrected chi connectivity index (χ0v) is 22.0. The SMILES string of the molecule is Cc1c(NC(=O)N2CCC(C3CCN(C(=O)c4cc(C(F)(F)F)cc(C(F)(F)F)c4)CC3)CC2)cccc1[N+](=O)[O-]. The van der Waals surface area contributed by atoms with E-state index in [0.29, 0.717) is 62.2 Å². The number of nitrogens with one attached hydrogen (secondary N) is 1. The zero-order valence-electron chi connectivity index (χ0n) is 22.0. The van der Waals surface area contributed by atoms with Crippen molar-refractivity contribution in [2.24, 2.45) is 11.8 Å². The number of carbonyl (C=O) groups excluding carboxylic acids is 2. The van der Waals surface area contributed by atoms with Gasteiger partial charge in [-0.25, -0.2) is 4.79 Å². The number of nitro benzene ring substituents is 1. The molecular formula is C27H28F6N4O4. The topological polar surface area (TPSA) is 95.8 Å². The smallest absolute Gasteiger partial charge is 0.339 e. The van der Waals surface area contributed by atoms with Gasteiger partial charge in [-0.1, -0.05) is 6.07 Å². The number of benzene rings is 2. The maximum Gasteiger partial charge on any atom is 0.416 e. The quantitative estimate of drug-likeness (QED) is 0.244. The number of nitro groups is 1. The lowest BCUT2D eigenvalue weighted by atomic mass is 9.78. The summed E-state index contributed by atoms with van der Waals surface area (Å²) in [5.74, 6) is -0.445. The van der Waals surface area contributed by atoms with E-state index in [4.69, 9.17) is 0 Å². The van der Waals surface area contributed by atoms with Crippen LogP contribution in [0, 0.1) is 28.9 Å². The van der Waals surface area contributed by atoms with Gasteiger partial charge < -0.3 is 15.1 Å². The van der Waals surface area contributed by atoms with Gasteiger partial charge in [0.05, 0.1) is 27.3 Å². The summed E-state index contributed by atoms with van der Waals surface area (Å²) in [7, 11) is 0. The molecule has 3 amide bonds. The van der Waals surface area contributed by atoms with Crippen molar-refractivity contribution in [1.82, 2.24) is 9.80 Å². The summed E-state index contributed by atoms with van der Waals surface area (Å²) in [6.45, 7) is 2.86. The predicted octanol–water partition coefficient (Wildman–Crippen LogP) is 6.74.